The van der Waals surface area contributed by atoms with Gasteiger partial charge in [0.05, 0.1) is 23.1 Å². The molecule has 0 saturated carbocycles. The van der Waals surface area contributed by atoms with Gasteiger partial charge in [0.15, 0.2) is 5.76 Å². The number of rotatable bonds is 4. The lowest BCUT2D eigenvalue weighted by atomic mass is 9.98. The zero-order valence-corrected chi connectivity index (χ0v) is 16.0. The molecule has 4 rings (SSSR count). The number of carbonyl (C=O) groups excluding carboxylic acids is 2. The second-order valence-corrected chi connectivity index (χ2v) is 7.16. The van der Waals surface area contributed by atoms with Crippen LogP contribution in [-0.2, 0) is 16.1 Å². The number of piperidine rings is 1. The molecular formula is C21H21N3O5. The zero-order chi connectivity index (χ0) is 20.4. The maximum Gasteiger partial charge on any atom is 0.311 e. The monoisotopic (exact) mass is 395 g/mol. The van der Waals surface area contributed by atoms with Crippen molar-refractivity contribution in [2.75, 3.05) is 13.1 Å². The number of ether oxygens (including phenoxy) is 1. The summed E-state index contributed by atoms with van der Waals surface area (Å²) in [5, 5.41) is 0.499. The molecule has 1 amide bonds. The van der Waals surface area contributed by atoms with E-state index in [1.165, 1.54) is 6.26 Å². The minimum atomic E-state index is -0.420. The average Bonchev–Trinajstić information content (AvgIpc) is 3.27. The van der Waals surface area contributed by atoms with Gasteiger partial charge in [-0.2, -0.15) is 0 Å². The Morgan fingerprint density at radius 1 is 1.31 bits per heavy atom. The number of amides is 1. The van der Waals surface area contributed by atoms with Crippen LogP contribution in [0.15, 0.2) is 45.8 Å². The summed E-state index contributed by atoms with van der Waals surface area (Å²) in [5.41, 5.74) is 1.20. The largest absolute Gasteiger partial charge is 0.459 e. The molecule has 29 heavy (non-hydrogen) atoms. The molecule has 1 aliphatic rings. The molecule has 8 heteroatoms. The highest BCUT2D eigenvalue weighted by Crippen LogP contribution is 2.20. The van der Waals surface area contributed by atoms with Gasteiger partial charge in [-0.15, -0.1) is 0 Å². The van der Waals surface area contributed by atoms with E-state index in [9.17, 15) is 14.4 Å². The fourth-order valence-electron chi connectivity index (χ4n) is 3.59. The SMILES string of the molecule is Cc1cccc2c(=O)[nH]c(COC(=O)[C@@H]3CCCN(C(=O)c4ccco4)C3)nc12. The van der Waals surface area contributed by atoms with Crippen molar-refractivity contribution in [3.63, 3.8) is 0 Å². The molecule has 1 aliphatic heterocycles. The molecule has 2 aromatic heterocycles. The Bertz CT molecular complexity index is 1100. The van der Waals surface area contributed by atoms with Crippen LogP contribution in [0.4, 0.5) is 0 Å². The van der Waals surface area contributed by atoms with Crippen LogP contribution in [0.2, 0.25) is 0 Å². The minimum absolute atomic E-state index is 0.124. The smallest absolute Gasteiger partial charge is 0.311 e. The van der Waals surface area contributed by atoms with Crippen molar-refractivity contribution in [2.45, 2.75) is 26.4 Å². The van der Waals surface area contributed by atoms with Crippen molar-refractivity contribution in [2.24, 2.45) is 5.92 Å². The molecule has 1 N–H and O–H groups in total. The number of aryl methyl sites for hydroxylation is 1. The fraction of sp³-hybridized carbons (Fsp3) is 0.333. The summed E-state index contributed by atoms with van der Waals surface area (Å²) >= 11 is 0. The fourth-order valence-corrected chi connectivity index (χ4v) is 3.59. The number of hydrogen-bond donors (Lipinski definition) is 1. The van der Waals surface area contributed by atoms with Gasteiger partial charge >= 0.3 is 5.97 Å². The molecule has 0 radical (unpaired) electrons. The van der Waals surface area contributed by atoms with Crippen molar-refractivity contribution >= 4 is 22.8 Å². The van der Waals surface area contributed by atoms with E-state index in [4.69, 9.17) is 9.15 Å². The van der Waals surface area contributed by atoms with Crippen LogP contribution >= 0.6 is 0 Å². The van der Waals surface area contributed by atoms with Crippen molar-refractivity contribution in [3.05, 3.63) is 64.1 Å². The van der Waals surface area contributed by atoms with E-state index in [0.717, 1.165) is 5.56 Å². The highest BCUT2D eigenvalue weighted by molar-refractivity contribution is 5.92. The van der Waals surface area contributed by atoms with Gasteiger partial charge in [0, 0.05) is 13.1 Å². The Morgan fingerprint density at radius 2 is 2.17 bits per heavy atom. The lowest BCUT2D eigenvalue weighted by Gasteiger charge is -2.30. The van der Waals surface area contributed by atoms with E-state index in [1.807, 2.05) is 13.0 Å². The number of nitrogens with zero attached hydrogens (tertiary/aromatic N) is 2. The Balaban J connectivity index is 1.42. The van der Waals surface area contributed by atoms with Gasteiger partial charge in [-0.3, -0.25) is 14.4 Å². The number of furan rings is 1. The first-order valence-electron chi connectivity index (χ1n) is 9.51. The normalized spacial score (nSPS) is 16.7. The number of carbonyl (C=O) groups is 2. The van der Waals surface area contributed by atoms with Gasteiger partial charge < -0.3 is 19.0 Å². The quantitative estimate of drug-likeness (QED) is 0.680. The molecule has 3 aromatic rings. The Kier molecular flexibility index (Phi) is 5.16. The number of fused-ring (bicyclic) bond motifs is 1. The highest BCUT2D eigenvalue weighted by atomic mass is 16.5. The molecular weight excluding hydrogens is 374 g/mol. The summed E-state index contributed by atoms with van der Waals surface area (Å²) < 4.78 is 10.6. The van der Waals surface area contributed by atoms with Crippen LogP contribution < -0.4 is 5.56 Å². The molecule has 1 aromatic carbocycles. The van der Waals surface area contributed by atoms with Crippen molar-refractivity contribution in [1.29, 1.82) is 0 Å². The molecule has 0 spiro atoms. The summed E-state index contributed by atoms with van der Waals surface area (Å²) in [7, 11) is 0. The average molecular weight is 395 g/mol. The number of hydrogen-bond acceptors (Lipinski definition) is 6. The predicted octanol–water partition coefficient (Wildman–Crippen LogP) is 2.42. The summed E-state index contributed by atoms with van der Waals surface area (Å²) in [6, 6.07) is 8.64. The third-order valence-corrected chi connectivity index (χ3v) is 5.11. The topological polar surface area (TPSA) is 106 Å². The third kappa shape index (κ3) is 3.91. The summed E-state index contributed by atoms with van der Waals surface area (Å²) in [5.74, 6) is -0.508. The number of esters is 1. The van der Waals surface area contributed by atoms with Gasteiger partial charge in [-0.25, -0.2) is 4.98 Å². The molecule has 1 atom stereocenters. The molecule has 1 saturated heterocycles. The molecule has 0 unspecified atom stereocenters. The third-order valence-electron chi connectivity index (χ3n) is 5.11. The Labute approximate surface area is 166 Å². The van der Waals surface area contributed by atoms with Crippen LogP contribution in [0.1, 0.15) is 34.8 Å². The van der Waals surface area contributed by atoms with Gasteiger partial charge in [0.1, 0.15) is 12.4 Å². The van der Waals surface area contributed by atoms with E-state index >= 15 is 0 Å². The summed E-state index contributed by atoms with van der Waals surface area (Å²) in [6.07, 6.45) is 2.79. The second-order valence-electron chi connectivity index (χ2n) is 7.16. The van der Waals surface area contributed by atoms with Crippen LogP contribution in [0.25, 0.3) is 10.9 Å². The van der Waals surface area contributed by atoms with E-state index in [2.05, 4.69) is 9.97 Å². The Morgan fingerprint density at radius 3 is 2.97 bits per heavy atom. The molecule has 8 nitrogen and oxygen atoms in total. The molecule has 150 valence electrons. The second kappa shape index (κ2) is 7.90. The lowest BCUT2D eigenvalue weighted by molar-refractivity contribution is -0.151. The zero-order valence-electron chi connectivity index (χ0n) is 16.0. The highest BCUT2D eigenvalue weighted by Gasteiger charge is 2.31. The van der Waals surface area contributed by atoms with Crippen LogP contribution in [-0.4, -0.2) is 39.8 Å². The van der Waals surface area contributed by atoms with E-state index < -0.39 is 11.9 Å². The number of para-hydroxylation sites is 1. The number of aromatic amines is 1. The minimum Gasteiger partial charge on any atom is -0.459 e. The van der Waals surface area contributed by atoms with Gasteiger partial charge in [0.2, 0.25) is 0 Å². The van der Waals surface area contributed by atoms with Crippen molar-refractivity contribution < 1.29 is 18.7 Å². The predicted molar refractivity (Wildman–Crippen MR) is 104 cm³/mol. The van der Waals surface area contributed by atoms with E-state index in [1.54, 1.807) is 29.2 Å². The molecule has 0 bridgehead atoms. The number of benzene rings is 1. The van der Waals surface area contributed by atoms with Crippen LogP contribution in [0.5, 0.6) is 0 Å². The summed E-state index contributed by atoms with van der Waals surface area (Å²) in [6.45, 7) is 2.60. The van der Waals surface area contributed by atoms with E-state index in [-0.39, 0.29) is 30.4 Å². The number of aromatic nitrogens is 2. The first kappa shape index (κ1) is 18.9. The Hall–Kier alpha value is -3.42. The maximum absolute atomic E-state index is 12.5. The van der Waals surface area contributed by atoms with Crippen LogP contribution in [0, 0.1) is 12.8 Å². The summed E-state index contributed by atoms with van der Waals surface area (Å²) in [4.78, 5) is 45.9. The van der Waals surface area contributed by atoms with Crippen molar-refractivity contribution in [3.8, 4) is 0 Å². The molecule has 0 aliphatic carbocycles. The van der Waals surface area contributed by atoms with E-state index in [0.29, 0.717) is 36.1 Å². The lowest BCUT2D eigenvalue weighted by Crippen LogP contribution is -2.42. The number of likely N-dealkylation sites (tertiary alicyclic amines) is 1. The molecule has 1 fully saturated rings. The van der Waals surface area contributed by atoms with Gasteiger partial charge in [-0.05, 0) is 43.5 Å². The van der Waals surface area contributed by atoms with Crippen molar-refractivity contribution in [1.82, 2.24) is 14.9 Å². The standard InChI is InChI=1S/C21H21N3O5/c1-13-5-2-7-15-18(13)22-17(23-19(15)25)12-29-21(27)14-6-3-9-24(11-14)20(26)16-8-4-10-28-16/h2,4-5,7-8,10,14H,3,6,9,11-12H2,1H3,(H,22,23,25)/t14-/m1/s1. The first-order chi connectivity index (χ1) is 14.0. The molecule has 3 heterocycles. The van der Waals surface area contributed by atoms with Gasteiger partial charge in [-0.1, -0.05) is 12.1 Å². The van der Waals surface area contributed by atoms with Crippen LogP contribution in [0.3, 0.4) is 0 Å². The maximum atomic E-state index is 12.5. The number of nitrogens with one attached hydrogen (secondary N) is 1. The number of H-pyrrole nitrogens is 1. The van der Waals surface area contributed by atoms with Gasteiger partial charge in [0.25, 0.3) is 11.5 Å². The first-order valence-corrected chi connectivity index (χ1v) is 9.51.